The lowest BCUT2D eigenvalue weighted by Crippen LogP contribution is -2.47. The van der Waals surface area contributed by atoms with Crippen LogP contribution in [0.5, 0.6) is 5.75 Å². The van der Waals surface area contributed by atoms with Crippen LogP contribution in [-0.4, -0.2) is 55.4 Å². The van der Waals surface area contributed by atoms with Crippen molar-refractivity contribution in [3.05, 3.63) is 54.2 Å². The number of anilines is 2. The number of ether oxygens (including phenoxy) is 1. The topological polar surface area (TPSA) is 70.6 Å². The van der Waals surface area contributed by atoms with Gasteiger partial charge in [0.1, 0.15) is 5.75 Å². The van der Waals surface area contributed by atoms with Gasteiger partial charge in [0.25, 0.3) is 5.91 Å². The van der Waals surface area contributed by atoms with Crippen LogP contribution in [0.3, 0.4) is 0 Å². The maximum Gasteiger partial charge on any atom is 0.272 e. The first kappa shape index (κ1) is 20.9. The van der Waals surface area contributed by atoms with Crippen LogP contribution in [0.25, 0.3) is 10.8 Å². The second kappa shape index (κ2) is 9.20. The zero-order valence-corrected chi connectivity index (χ0v) is 18.3. The summed E-state index contributed by atoms with van der Waals surface area (Å²) in [6.45, 7) is 7.44. The van der Waals surface area contributed by atoms with E-state index in [1.807, 2.05) is 50.2 Å². The molecular formula is C24H29N5O2. The second-order valence-electron chi connectivity index (χ2n) is 7.88. The molecule has 0 aliphatic carbocycles. The SMILES string of the molecule is CCC(C)NC(=O)c1nnc(N2CCN(c3cccc(OC)c3)CC2)c2ccccc12. The number of carbonyl (C=O) groups excluding carboxylic acids is 1. The number of hydrogen-bond donors (Lipinski definition) is 1. The van der Waals surface area contributed by atoms with Gasteiger partial charge in [0.05, 0.1) is 7.11 Å². The van der Waals surface area contributed by atoms with Crippen LogP contribution >= 0.6 is 0 Å². The summed E-state index contributed by atoms with van der Waals surface area (Å²) in [6, 6.07) is 16.1. The Bertz CT molecular complexity index is 1060. The first-order chi connectivity index (χ1) is 15.1. The third kappa shape index (κ3) is 4.40. The molecule has 1 aliphatic rings. The van der Waals surface area contributed by atoms with Crippen LogP contribution in [0.4, 0.5) is 11.5 Å². The maximum atomic E-state index is 12.7. The fraction of sp³-hybridized carbons (Fsp3) is 0.375. The Kier molecular flexibility index (Phi) is 6.21. The number of nitrogens with one attached hydrogen (secondary N) is 1. The van der Waals surface area contributed by atoms with Gasteiger partial charge in [0, 0.05) is 54.7 Å². The van der Waals surface area contributed by atoms with E-state index in [9.17, 15) is 4.79 Å². The molecule has 7 nitrogen and oxygen atoms in total. The summed E-state index contributed by atoms with van der Waals surface area (Å²) in [7, 11) is 1.69. The number of fused-ring (bicyclic) bond motifs is 1. The minimum absolute atomic E-state index is 0.0948. The molecule has 31 heavy (non-hydrogen) atoms. The molecule has 1 atom stereocenters. The van der Waals surface area contributed by atoms with Crippen molar-refractivity contribution >= 4 is 28.2 Å². The lowest BCUT2D eigenvalue weighted by atomic mass is 10.1. The molecule has 1 aromatic heterocycles. The van der Waals surface area contributed by atoms with E-state index in [4.69, 9.17) is 4.74 Å². The summed E-state index contributed by atoms with van der Waals surface area (Å²) in [5, 5.41) is 13.6. The number of rotatable bonds is 6. The third-order valence-electron chi connectivity index (χ3n) is 5.87. The van der Waals surface area contributed by atoms with Crippen molar-refractivity contribution in [1.82, 2.24) is 15.5 Å². The summed E-state index contributed by atoms with van der Waals surface area (Å²) >= 11 is 0. The molecule has 0 bridgehead atoms. The van der Waals surface area contributed by atoms with Crippen molar-refractivity contribution in [2.24, 2.45) is 0 Å². The highest BCUT2D eigenvalue weighted by molar-refractivity contribution is 6.07. The monoisotopic (exact) mass is 419 g/mol. The van der Waals surface area contributed by atoms with Crippen LogP contribution < -0.4 is 19.9 Å². The zero-order valence-electron chi connectivity index (χ0n) is 18.3. The van der Waals surface area contributed by atoms with Gasteiger partial charge in [-0.05, 0) is 25.5 Å². The molecule has 0 spiro atoms. The Balaban J connectivity index is 1.55. The summed E-state index contributed by atoms with van der Waals surface area (Å²) in [5.74, 6) is 1.52. The number of benzene rings is 2. The number of amides is 1. The highest BCUT2D eigenvalue weighted by atomic mass is 16.5. The Morgan fingerprint density at radius 3 is 2.45 bits per heavy atom. The third-order valence-corrected chi connectivity index (χ3v) is 5.87. The molecule has 1 N–H and O–H groups in total. The molecule has 0 saturated carbocycles. The fourth-order valence-corrected chi connectivity index (χ4v) is 3.87. The van der Waals surface area contributed by atoms with E-state index < -0.39 is 0 Å². The predicted octanol–water partition coefficient (Wildman–Crippen LogP) is 3.49. The molecule has 1 fully saturated rings. The molecule has 1 saturated heterocycles. The van der Waals surface area contributed by atoms with Crippen molar-refractivity contribution < 1.29 is 9.53 Å². The summed E-state index contributed by atoms with van der Waals surface area (Å²) in [6.07, 6.45) is 0.868. The van der Waals surface area contributed by atoms with Crippen LogP contribution in [-0.2, 0) is 0 Å². The molecular weight excluding hydrogens is 390 g/mol. The number of methoxy groups -OCH3 is 1. The molecule has 2 aromatic carbocycles. The zero-order chi connectivity index (χ0) is 21.8. The average molecular weight is 420 g/mol. The van der Waals surface area contributed by atoms with Crippen molar-refractivity contribution in [1.29, 1.82) is 0 Å². The summed E-state index contributed by atoms with van der Waals surface area (Å²) in [4.78, 5) is 17.3. The highest BCUT2D eigenvalue weighted by Crippen LogP contribution is 2.28. The van der Waals surface area contributed by atoms with Gasteiger partial charge in [-0.3, -0.25) is 4.79 Å². The van der Waals surface area contributed by atoms with E-state index in [2.05, 4.69) is 37.4 Å². The van der Waals surface area contributed by atoms with Crippen LogP contribution in [0.15, 0.2) is 48.5 Å². The Morgan fingerprint density at radius 2 is 1.74 bits per heavy atom. The van der Waals surface area contributed by atoms with Gasteiger partial charge in [-0.25, -0.2) is 0 Å². The lowest BCUT2D eigenvalue weighted by Gasteiger charge is -2.37. The van der Waals surface area contributed by atoms with Crippen LogP contribution in [0, 0.1) is 0 Å². The van der Waals surface area contributed by atoms with Gasteiger partial charge in [0.2, 0.25) is 0 Å². The molecule has 2 heterocycles. The van der Waals surface area contributed by atoms with E-state index in [1.165, 1.54) is 0 Å². The first-order valence-electron chi connectivity index (χ1n) is 10.8. The van der Waals surface area contributed by atoms with Gasteiger partial charge in [-0.2, -0.15) is 0 Å². The molecule has 7 heteroatoms. The number of carbonyl (C=O) groups is 1. The number of aromatic nitrogens is 2. The van der Waals surface area contributed by atoms with Crippen molar-refractivity contribution in [3.63, 3.8) is 0 Å². The Labute approximate surface area is 183 Å². The normalized spacial score (nSPS) is 15.1. The standard InChI is InChI=1S/C24H29N5O2/c1-4-17(2)25-24(30)22-20-10-5-6-11-21(20)23(27-26-22)29-14-12-28(13-15-29)18-8-7-9-19(16-18)31-3/h5-11,16-17H,4,12-15H2,1-3H3,(H,25,30). The molecule has 1 unspecified atom stereocenters. The van der Waals surface area contributed by atoms with Gasteiger partial charge in [-0.15, -0.1) is 10.2 Å². The molecule has 4 rings (SSSR count). The number of piperazine rings is 1. The second-order valence-corrected chi connectivity index (χ2v) is 7.88. The quantitative estimate of drug-likeness (QED) is 0.660. The highest BCUT2D eigenvalue weighted by Gasteiger charge is 2.23. The minimum Gasteiger partial charge on any atom is -0.497 e. The lowest BCUT2D eigenvalue weighted by molar-refractivity contribution is 0.0935. The smallest absolute Gasteiger partial charge is 0.272 e. The molecule has 0 radical (unpaired) electrons. The van der Waals surface area contributed by atoms with E-state index in [0.717, 1.165) is 60.6 Å². The fourth-order valence-electron chi connectivity index (χ4n) is 3.87. The van der Waals surface area contributed by atoms with Crippen LogP contribution in [0.2, 0.25) is 0 Å². The molecule has 162 valence electrons. The maximum absolute atomic E-state index is 12.7. The number of hydrogen-bond acceptors (Lipinski definition) is 6. The van der Waals surface area contributed by atoms with Crippen molar-refractivity contribution in [3.8, 4) is 5.75 Å². The minimum atomic E-state index is -0.174. The van der Waals surface area contributed by atoms with E-state index in [-0.39, 0.29) is 11.9 Å². The first-order valence-corrected chi connectivity index (χ1v) is 10.8. The molecule has 1 aliphatic heterocycles. The van der Waals surface area contributed by atoms with E-state index in [1.54, 1.807) is 7.11 Å². The Hall–Kier alpha value is -3.35. The average Bonchev–Trinajstić information content (AvgIpc) is 2.83. The van der Waals surface area contributed by atoms with Gasteiger partial charge < -0.3 is 19.9 Å². The number of nitrogens with zero attached hydrogens (tertiary/aromatic N) is 4. The van der Waals surface area contributed by atoms with E-state index >= 15 is 0 Å². The van der Waals surface area contributed by atoms with Crippen LogP contribution in [0.1, 0.15) is 30.8 Å². The van der Waals surface area contributed by atoms with Crippen molar-refractivity contribution in [2.45, 2.75) is 26.3 Å². The largest absolute Gasteiger partial charge is 0.497 e. The van der Waals surface area contributed by atoms with Gasteiger partial charge in [0.15, 0.2) is 11.5 Å². The predicted molar refractivity (Wildman–Crippen MR) is 124 cm³/mol. The Morgan fingerprint density at radius 1 is 1.03 bits per heavy atom. The molecule has 3 aromatic rings. The van der Waals surface area contributed by atoms with E-state index in [0.29, 0.717) is 5.69 Å². The molecule has 1 amide bonds. The summed E-state index contributed by atoms with van der Waals surface area (Å²) < 4.78 is 5.36. The summed E-state index contributed by atoms with van der Waals surface area (Å²) in [5.41, 5.74) is 1.54. The van der Waals surface area contributed by atoms with Gasteiger partial charge >= 0.3 is 0 Å². The van der Waals surface area contributed by atoms with Crippen molar-refractivity contribution in [2.75, 3.05) is 43.1 Å². The van der Waals surface area contributed by atoms with Gasteiger partial charge in [-0.1, -0.05) is 37.3 Å².